The van der Waals surface area contributed by atoms with Gasteiger partial charge in [-0.2, -0.15) is 0 Å². The summed E-state index contributed by atoms with van der Waals surface area (Å²) in [4.78, 5) is 27.3. The van der Waals surface area contributed by atoms with Crippen LogP contribution in [-0.4, -0.2) is 35.9 Å². The Hall–Kier alpha value is -2.05. The van der Waals surface area contributed by atoms with Crippen LogP contribution in [0, 0.1) is 0 Å². The van der Waals surface area contributed by atoms with Crippen LogP contribution >= 0.6 is 27.5 Å². The molecule has 0 aromatic heterocycles. The Bertz CT molecular complexity index is 920. The summed E-state index contributed by atoms with van der Waals surface area (Å²) in [6, 6.07) is 12.5. The van der Waals surface area contributed by atoms with Crippen LogP contribution in [0.1, 0.15) is 57.6 Å². The molecular weight excluding hydrogens is 492 g/mol. The zero-order valence-corrected chi connectivity index (χ0v) is 21.5. The lowest BCUT2D eigenvalue weighted by molar-refractivity contribution is -0.142. The molecule has 2 aromatic rings. The number of rotatable bonds is 11. The molecule has 0 saturated carbocycles. The summed E-state index contributed by atoms with van der Waals surface area (Å²) < 4.78 is 6.60. The molecule has 0 saturated heterocycles. The first-order valence-corrected chi connectivity index (χ1v) is 12.1. The highest BCUT2D eigenvalue weighted by Crippen LogP contribution is 2.29. The first kappa shape index (κ1) is 26.2. The summed E-state index contributed by atoms with van der Waals surface area (Å²) in [5.74, 6) is 0.520. The molecule has 0 spiro atoms. The number of unbranched alkanes of at least 4 members (excludes halogenated alkanes) is 1. The number of benzene rings is 2. The predicted octanol–water partition coefficient (Wildman–Crippen LogP) is 5.94. The zero-order valence-electron chi connectivity index (χ0n) is 19.2. The van der Waals surface area contributed by atoms with Crippen LogP contribution in [0.2, 0.25) is 5.02 Å². The van der Waals surface area contributed by atoms with Gasteiger partial charge in [0.2, 0.25) is 5.91 Å². The molecule has 0 unspecified atom stereocenters. The number of carbonyl (C=O) groups excluding carboxylic acids is 2. The van der Waals surface area contributed by atoms with E-state index in [0.717, 1.165) is 22.9 Å². The second kappa shape index (κ2) is 12.9. The van der Waals surface area contributed by atoms with Gasteiger partial charge in [0.25, 0.3) is 5.91 Å². The first-order valence-electron chi connectivity index (χ1n) is 11.0. The van der Waals surface area contributed by atoms with Gasteiger partial charge in [-0.25, -0.2) is 0 Å². The van der Waals surface area contributed by atoms with Crippen molar-refractivity contribution in [2.24, 2.45) is 0 Å². The topological polar surface area (TPSA) is 58.6 Å². The van der Waals surface area contributed by atoms with E-state index in [0.29, 0.717) is 23.2 Å². The van der Waals surface area contributed by atoms with Gasteiger partial charge in [0.15, 0.2) is 6.61 Å². The molecule has 0 heterocycles. The van der Waals surface area contributed by atoms with E-state index in [1.54, 1.807) is 19.1 Å². The molecule has 32 heavy (non-hydrogen) atoms. The Kier molecular flexibility index (Phi) is 10.5. The first-order chi connectivity index (χ1) is 15.2. The molecule has 2 amide bonds. The molecule has 2 rings (SSSR count). The Morgan fingerprint density at radius 3 is 2.53 bits per heavy atom. The van der Waals surface area contributed by atoms with E-state index >= 15 is 0 Å². The van der Waals surface area contributed by atoms with Crippen molar-refractivity contribution in [1.29, 1.82) is 0 Å². The molecule has 174 valence electrons. The van der Waals surface area contributed by atoms with Gasteiger partial charge in [-0.15, -0.1) is 0 Å². The molecule has 0 fully saturated rings. The maximum atomic E-state index is 13.1. The molecule has 0 aliphatic carbocycles. The standard InChI is InChI=1S/C25H32BrClN2O3/c1-5-6-12-28-25(31)18(4)29(15-19-8-7-9-21(27)13-19)24(30)16-32-23-11-10-20(17(2)3)14-22(23)26/h7-11,13-14,17-18H,5-6,12,15-16H2,1-4H3,(H,28,31)/t18-/m0/s1. The number of carbonyl (C=O) groups is 2. The number of halogens is 2. The van der Waals surface area contributed by atoms with Crippen molar-refractivity contribution >= 4 is 39.3 Å². The summed E-state index contributed by atoms with van der Waals surface area (Å²) >= 11 is 9.64. The summed E-state index contributed by atoms with van der Waals surface area (Å²) in [6.45, 7) is 8.71. The van der Waals surface area contributed by atoms with Gasteiger partial charge >= 0.3 is 0 Å². The Balaban J connectivity index is 2.14. The molecule has 5 nitrogen and oxygen atoms in total. The molecule has 1 N–H and O–H groups in total. The molecule has 2 aromatic carbocycles. The third-order valence-electron chi connectivity index (χ3n) is 5.21. The van der Waals surface area contributed by atoms with Crippen molar-refractivity contribution in [3.05, 3.63) is 63.1 Å². The normalized spacial score (nSPS) is 11.8. The van der Waals surface area contributed by atoms with E-state index < -0.39 is 6.04 Å². The van der Waals surface area contributed by atoms with E-state index in [1.165, 1.54) is 10.5 Å². The highest BCUT2D eigenvalue weighted by molar-refractivity contribution is 9.10. The molecule has 1 atom stereocenters. The fraction of sp³-hybridized carbons (Fsp3) is 0.440. The number of nitrogens with zero attached hydrogens (tertiary/aromatic N) is 1. The number of ether oxygens (including phenoxy) is 1. The van der Waals surface area contributed by atoms with Gasteiger partial charge in [0.05, 0.1) is 4.47 Å². The lowest BCUT2D eigenvalue weighted by Gasteiger charge is -2.29. The van der Waals surface area contributed by atoms with Crippen LogP contribution < -0.4 is 10.1 Å². The molecule has 0 aliphatic heterocycles. The number of nitrogens with one attached hydrogen (secondary N) is 1. The van der Waals surface area contributed by atoms with Crippen molar-refractivity contribution in [3.8, 4) is 5.75 Å². The highest BCUT2D eigenvalue weighted by Gasteiger charge is 2.26. The number of hydrogen-bond acceptors (Lipinski definition) is 3. The van der Waals surface area contributed by atoms with Gasteiger partial charge in [-0.3, -0.25) is 9.59 Å². The Labute approximate surface area is 204 Å². The quantitative estimate of drug-likeness (QED) is 0.371. The van der Waals surface area contributed by atoms with E-state index in [-0.39, 0.29) is 25.0 Å². The average Bonchev–Trinajstić information content (AvgIpc) is 2.76. The molecular formula is C25H32BrClN2O3. The second-order valence-electron chi connectivity index (χ2n) is 8.11. The maximum absolute atomic E-state index is 13.1. The lowest BCUT2D eigenvalue weighted by Crippen LogP contribution is -2.49. The number of hydrogen-bond donors (Lipinski definition) is 1. The van der Waals surface area contributed by atoms with Crippen molar-refractivity contribution in [3.63, 3.8) is 0 Å². The third-order valence-corrected chi connectivity index (χ3v) is 6.07. The minimum absolute atomic E-state index is 0.174. The molecule has 0 aliphatic rings. The summed E-state index contributed by atoms with van der Waals surface area (Å²) in [6.07, 6.45) is 1.88. The minimum atomic E-state index is -0.645. The second-order valence-corrected chi connectivity index (χ2v) is 9.40. The minimum Gasteiger partial charge on any atom is -0.483 e. The van der Waals surface area contributed by atoms with Crippen LogP contribution in [0.4, 0.5) is 0 Å². The summed E-state index contributed by atoms with van der Waals surface area (Å²) in [5, 5.41) is 3.49. The van der Waals surface area contributed by atoms with Crippen molar-refractivity contribution in [1.82, 2.24) is 10.2 Å². The number of amides is 2. The van der Waals surface area contributed by atoms with Gasteiger partial charge in [-0.1, -0.05) is 57.0 Å². The van der Waals surface area contributed by atoms with E-state index in [9.17, 15) is 9.59 Å². The maximum Gasteiger partial charge on any atom is 0.261 e. The Morgan fingerprint density at radius 1 is 1.16 bits per heavy atom. The fourth-order valence-electron chi connectivity index (χ4n) is 3.17. The van der Waals surface area contributed by atoms with Crippen molar-refractivity contribution in [2.45, 2.75) is 59.0 Å². The summed E-state index contributed by atoms with van der Waals surface area (Å²) in [7, 11) is 0. The van der Waals surface area contributed by atoms with E-state index in [1.807, 2.05) is 30.3 Å². The van der Waals surface area contributed by atoms with Crippen LogP contribution in [0.25, 0.3) is 0 Å². The van der Waals surface area contributed by atoms with Gasteiger partial charge in [0, 0.05) is 18.1 Å². The van der Waals surface area contributed by atoms with Gasteiger partial charge in [-0.05, 0) is 70.6 Å². The SMILES string of the molecule is CCCCNC(=O)[C@H](C)N(Cc1cccc(Cl)c1)C(=O)COc1ccc(C(C)C)cc1Br. The molecule has 0 radical (unpaired) electrons. The van der Waals surface area contributed by atoms with Crippen LogP contribution in [0.15, 0.2) is 46.9 Å². The monoisotopic (exact) mass is 522 g/mol. The molecule has 7 heteroatoms. The largest absolute Gasteiger partial charge is 0.483 e. The molecule has 0 bridgehead atoms. The average molecular weight is 524 g/mol. The van der Waals surface area contributed by atoms with Crippen LogP contribution in [0.5, 0.6) is 5.75 Å². The van der Waals surface area contributed by atoms with Gasteiger partial charge in [0.1, 0.15) is 11.8 Å². The van der Waals surface area contributed by atoms with Gasteiger partial charge < -0.3 is 15.0 Å². The predicted molar refractivity (Wildman–Crippen MR) is 133 cm³/mol. The lowest BCUT2D eigenvalue weighted by atomic mass is 10.0. The van der Waals surface area contributed by atoms with Crippen LogP contribution in [0.3, 0.4) is 0 Å². The van der Waals surface area contributed by atoms with Crippen molar-refractivity contribution in [2.75, 3.05) is 13.2 Å². The van der Waals surface area contributed by atoms with E-state index in [2.05, 4.69) is 42.0 Å². The Morgan fingerprint density at radius 2 is 1.91 bits per heavy atom. The highest BCUT2D eigenvalue weighted by atomic mass is 79.9. The fourth-order valence-corrected chi connectivity index (χ4v) is 3.89. The van der Waals surface area contributed by atoms with Crippen LogP contribution in [-0.2, 0) is 16.1 Å². The summed E-state index contributed by atoms with van der Waals surface area (Å²) in [5.41, 5.74) is 2.03. The zero-order chi connectivity index (χ0) is 23.7. The van der Waals surface area contributed by atoms with E-state index in [4.69, 9.17) is 16.3 Å². The smallest absolute Gasteiger partial charge is 0.261 e. The third kappa shape index (κ3) is 7.82. The van der Waals surface area contributed by atoms with Crippen molar-refractivity contribution < 1.29 is 14.3 Å².